The summed E-state index contributed by atoms with van der Waals surface area (Å²) >= 11 is 0. The lowest BCUT2D eigenvalue weighted by Crippen LogP contribution is -2.28. The number of methoxy groups -OCH3 is 1. The molecule has 0 spiro atoms. The molecular weight excluding hydrogens is 346 g/mol. The third kappa shape index (κ3) is 3.06. The Morgan fingerprint density at radius 1 is 1.41 bits per heavy atom. The van der Waals surface area contributed by atoms with Crippen LogP contribution in [-0.4, -0.2) is 18.1 Å². The van der Waals surface area contributed by atoms with Gasteiger partial charge in [0.05, 0.1) is 18.6 Å². The number of nitriles is 1. The number of ether oxygens (including phenoxy) is 2. The minimum Gasteiger partial charge on any atom is -0.466 e. The molecule has 1 aliphatic heterocycles. The first kappa shape index (κ1) is 18.3. The van der Waals surface area contributed by atoms with Crippen molar-refractivity contribution in [2.75, 3.05) is 7.11 Å². The van der Waals surface area contributed by atoms with E-state index in [4.69, 9.17) is 15.2 Å². The molecule has 0 aliphatic carbocycles. The third-order valence-corrected chi connectivity index (χ3v) is 4.67. The van der Waals surface area contributed by atoms with Gasteiger partial charge in [0.2, 0.25) is 5.88 Å². The molecule has 0 unspecified atom stereocenters. The first-order valence-electron chi connectivity index (χ1n) is 8.43. The van der Waals surface area contributed by atoms with Crippen LogP contribution >= 0.6 is 0 Å². The first-order valence-corrected chi connectivity index (χ1v) is 8.43. The maximum absolute atomic E-state index is 12.8. The third-order valence-electron chi connectivity index (χ3n) is 4.67. The number of nitrogens with one attached hydrogen (secondary N) is 1. The van der Waals surface area contributed by atoms with Gasteiger partial charge in [-0.25, -0.2) is 4.79 Å². The maximum Gasteiger partial charge on any atom is 0.338 e. The van der Waals surface area contributed by atoms with E-state index in [-0.39, 0.29) is 28.4 Å². The summed E-state index contributed by atoms with van der Waals surface area (Å²) in [4.78, 5) is 27.9. The molecule has 0 amide bonds. The van der Waals surface area contributed by atoms with Crippen molar-refractivity contribution in [1.29, 1.82) is 5.26 Å². The molecule has 0 saturated heterocycles. The Hall–Kier alpha value is -3.53. The van der Waals surface area contributed by atoms with Gasteiger partial charge >= 0.3 is 5.97 Å². The number of fused-ring (bicyclic) bond motifs is 1. The number of aryl methyl sites for hydroxylation is 1. The second kappa shape index (κ2) is 7.00. The van der Waals surface area contributed by atoms with Crippen molar-refractivity contribution in [3.63, 3.8) is 0 Å². The highest BCUT2D eigenvalue weighted by molar-refractivity contribution is 5.93. The minimum absolute atomic E-state index is 0.00232. The molecule has 7 heteroatoms. The van der Waals surface area contributed by atoms with Gasteiger partial charge in [-0.3, -0.25) is 4.79 Å². The fraction of sp³-hybridized carbons (Fsp3) is 0.250. The fourth-order valence-corrected chi connectivity index (χ4v) is 3.27. The molecule has 0 radical (unpaired) electrons. The SMILES string of the molecule is CCc1ccc2[nH]c(=O)c([C@@H]3C(C#N)=C(N)OC(C)=C3C(=O)OC)cc2c1. The van der Waals surface area contributed by atoms with Gasteiger partial charge in [0.1, 0.15) is 17.4 Å². The Bertz CT molecular complexity index is 1100. The second-order valence-electron chi connectivity index (χ2n) is 6.22. The van der Waals surface area contributed by atoms with E-state index < -0.39 is 17.4 Å². The van der Waals surface area contributed by atoms with Crippen molar-refractivity contribution in [1.82, 2.24) is 4.98 Å². The number of pyridine rings is 1. The van der Waals surface area contributed by atoms with Crippen molar-refractivity contribution >= 4 is 16.9 Å². The number of benzene rings is 1. The molecule has 7 nitrogen and oxygen atoms in total. The molecule has 138 valence electrons. The van der Waals surface area contributed by atoms with Gasteiger partial charge in [-0.1, -0.05) is 13.0 Å². The van der Waals surface area contributed by atoms with Crippen LogP contribution in [0.2, 0.25) is 0 Å². The second-order valence-corrected chi connectivity index (χ2v) is 6.22. The number of hydrogen-bond acceptors (Lipinski definition) is 6. The molecular formula is C20H19N3O4. The number of nitrogens with two attached hydrogens (primary N) is 1. The Balaban J connectivity index is 2.31. The Kier molecular flexibility index (Phi) is 4.74. The molecule has 3 rings (SSSR count). The smallest absolute Gasteiger partial charge is 0.338 e. The van der Waals surface area contributed by atoms with E-state index in [1.54, 1.807) is 13.0 Å². The highest BCUT2D eigenvalue weighted by atomic mass is 16.5. The topological polar surface area (TPSA) is 118 Å². The van der Waals surface area contributed by atoms with Crippen LogP contribution in [0.1, 0.15) is 30.9 Å². The predicted molar refractivity (Wildman–Crippen MR) is 99.3 cm³/mol. The number of nitrogens with zero attached hydrogens (tertiary/aromatic N) is 1. The van der Waals surface area contributed by atoms with Crippen LogP contribution in [-0.2, 0) is 20.7 Å². The summed E-state index contributed by atoms with van der Waals surface area (Å²) in [6.07, 6.45) is 0.838. The molecule has 1 aromatic carbocycles. The van der Waals surface area contributed by atoms with E-state index in [1.807, 2.05) is 31.2 Å². The molecule has 0 saturated carbocycles. The summed E-state index contributed by atoms with van der Waals surface area (Å²) in [5.41, 5.74) is 7.53. The van der Waals surface area contributed by atoms with E-state index in [1.165, 1.54) is 7.11 Å². The Morgan fingerprint density at radius 2 is 2.15 bits per heavy atom. The molecule has 2 heterocycles. The van der Waals surface area contributed by atoms with Gasteiger partial charge in [-0.15, -0.1) is 0 Å². The highest BCUT2D eigenvalue weighted by Crippen LogP contribution is 2.38. The molecule has 2 aromatic rings. The zero-order valence-electron chi connectivity index (χ0n) is 15.3. The van der Waals surface area contributed by atoms with Crippen LogP contribution in [0.25, 0.3) is 10.9 Å². The average Bonchev–Trinajstić information content (AvgIpc) is 2.66. The zero-order chi connectivity index (χ0) is 19.7. The van der Waals surface area contributed by atoms with Crippen LogP contribution in [0.4, 0.5) is 0 Å². The standard InChI is InChI=1S/C20H19N3O4/c1-4-11-5-6-15-12(7-11)8-13(19(24)23-15)17-14(9-21)18(22)27-10(2)16(17)20(25)26-3/h5-8,17H,4,22H2,1-3H3,(H,23,24)/t17-/m1/s1. The van der Waals surface area contributed by atoms with E-state index >= 15 is 0 Å². The molecule has 0 fully saturated rings. The van der Waals surface area contributed by atoms with Gasteiger partial charge in [0, 0.05) is 11.1 Å². The average molecular weight is 365 g/mol. The summed E-state index contributed by atoms with van der Waals surface area (Å²) < 4.78 is 10.2. The van der Waals surface area contributed by atoms with Crippen LogP contribution in [0.5, 0.6) is 0 Å². The highest BCUT2D eigenvalue weighted by Gasteiger charge is 2.37. The van der Waals surface area contributed by atoms with Crippen LogP contribution in [0.15, 0.2) is 51.8 Å². The lowest BCUT2D eigenvalue weighted by Gasteiger charge is -2.26. The number of H-pyrrole nitrogens is 1. The summed E-state index contributed by atoms with van der Waals surface area (Å²) in [5, 5.41) is 10.4. The quantitative estimate of drug-likeness (QED) is 0.806. The zero-order valence-corrected chi connectivity index (χ0v) is 15.3. The summed E-state index contributed by atoms with van der Waals surface area (Å²) in [5.74, 6) is -1.58. The van der Waals surface area contributed by atoms with Gasteiger partial charge in [0.15, 0.2) is 0 Å². The van der Waals surface area contributed by atoms with Gasteiger partial charge < -0.3 is 20.2 Å². The number of aromatic nitrogens is 1. The predicted octanol–water partition coefficient (Wildman–Crippen LogP) is 2.35. The van der Waals surface area contributed by atoms with E-state index in [0.717, 1.165) is 17.4 Å². The Morgan fingerprint density at radius 3 is 2.78 bits per heavy atom. The van der Waals surface area contributed by atoms with Crippen molar-refractivity contribution in [3.8, 4) is 6.07 Å². The van der Waals surface area contributed by atoms with Gasteiger partial charge in [-0.2, -0.15) is 5.26 Å². The normalized spacial score (nSPS) is 16.9. The van der Waals surface area contributed by atoms with E-state index in [9.17, 15) is 14.9 Å². The van der Waals surface area contributed by atoms with Gasteiger partial charge in [0.25, 0.3) is 5.56 Å². The number of carbonyl (C=O) groups is 1. The molecule has 1 atom stereocenters. The van der Waals surface area contributed by atoms with E-state index in [0.29, 0.717) is 5.52 Å². The van der Waals surface area contributed by atoms with Crippen LogP contribution < -0.4 is 11.3 Å². The van der Waals surface area contributed by atoms with Crippen LogP contribution in [0, 0.1) is 11.3 Å². The molecule has 3 N–H and O–H groups in total. The fourth-order valence-electron chi connectivity index (χ4n) is 3.27. The van der Waals surface area contributed by atoms with E-state index in [2.05, 4.69) is 4.98 Å². The first-order chi connectivity index (χ1) is 12.9. The van der Waals surface area contributed by atoms with Crippen molar-refractivity contribution in [2.45, 2.75) is 26.2 Å². The molecule has 27 heavy (non-hydrogen) atoms. The van der Waals surface area contributed by atoms with Crippen molar-refractivity contribution < 1.29 is 14.3 Å². The maximum atomic E-state index is 12.8. The van der Waals surface area contributed by atoms with Crippen molar-refractivity contribution in [3.05, 3.63) is 68.5 Å². The Labute approximate surface area is 155 Å². The number of allylic oxidation sites excluding steroid dienone is 2. The summed E-state index contributed by atoms with van der Waals surface area (Å²) in [7, 11) is 1.23. The molecule has 1 aromatic heterocycles. The summed E-state index contributed by atoms with van der Waals surface area (Å²) in [6.45, 7) is 3.58. The lowest BCUT2D eigenvalue weighted by atomic mass is 9.83. The number of aromatic amines is 1. The number of hydrogen-bond donors (Lipinski definition) is 2. The lowest BCUT2D eigenvalue weighted by molar-refractivity contribution is -0.136. The summed E-state index contributed by atoms with van der Waals surface area (Å²) in [6, 6.07) is 9.38. The number of rotatable bonds is 3. The van der Waals surface area contributed by atoms with Crippen LogP contribution in [0.3, 0.4) is 0 Å². The molecule has 1 aliphatic rings. The number of carbonyl (C=O) groups excluding carboxylic acids is 1. The van der Waals surface area contributed by atoms with Gasteiger partial charge in [-0.05, 0) is 42.5 Å². The monoisotopic (exact) mass is 365 g/mol. The largest absolute Gasteiger partial charge is 0.466 e. The number of esters is 1. The minimum atomic E-state index is -0.963. The van der Waals surface area contributed by atoms with Crippen molar-refractivity contribution in [2.24, 2.45) is 5.73 Å². The molecule has 0 bridgehead atoms.